The summed E-state index contributed by atoms with van der Waals surface area (Å²) < 4.78 is 0. The molecule has 0 amide bonds. The average molecular weight is 158 g/mol. The molecule has 0 aromatic carbocycles. The second-order valence-corrected chi connectivity index (χ2v) is 2.58. The number of rotatable bonds is 2. The summed E-state index contributed by atoms with van der Waals surface area (Å²) in [4.78, 5) is 6.20. The molecule has 2 aromatic rings. The number of aromatic amines is 2. The van der Waals surface area contributed by atoms with E-state index < -0.39 is 0 Å². The minimum Gasteiger partial charge on any atom is -0.362 e. The molecule has 2 nitrogen and oxygen atoms in total. The van der Waals surface area contributed by atoms with Gasteiger partial charge in [0.05, 0.1) is 0 Å². The zero-order valence-electron chi connectivity index (χ0n) is 6.62. The third-order valence-corrected chi connectivity index (χ3v) is 1.69. The molecule has 2 N–H and O–H groups in total. The second-order valence-electron chi connectivity index (χ2n) is 2.58. The molecule has 0 aliphatic carbocycles. The third-order valence-electron chi connectivity index (χ3n) is 1.69. The summed E-state index contributed by atoms with van der Waals surface area (Å²) in [6.07, 6.45) is 7.89. The van der Waals surface area contributed by atoms with Crippen LogP contribution in [0.5, 0.6) is 0 Å². The molecule has 0 atom stereocenters. The fourth-order valence-electron chi connectivity index (χ4n) is 1.08. The largest absolute Gasteiger partial charge is 0.362 e. The molecule has 2 rings (SSSR count). The van der Waals surface area contributed by atoms with Crippen molar-refractivity contribution in [1.29, 1.82) is 0 Å². The lowest BCUT2D eigenvalue weighted by atomic mass is 10.3. The van der Waals surface area contributed by atoms with Gasteiger partial charge in [0.1, 0.15) is 0 Å². The lowest BCUT2D eigenvalue weighted by Gasteiger charge is -1.84. The van der Waals surface area contributed by atoms with Crippen LogP contribution in [0.15, 0.2) is 36.7 Å². The van der Waals surface area contributed by atoms with Crippen LogP contribution < -0.4 is 0 Å². The first-order valence-electron chi connectivity index (χ1n) is 3.90. The van der Waals surface area contributed by atoms with Gasteiger partial charge in [0.25, 0.3) is 0 Å². The summed E-state index contributed by atoms with van der Waals surface area (Å²) in [5.41, 5.74) is 2.23. The predicted octanol–water partition coefficient (Wildman–Crippen LogP) is 2.51. The van der Waals surface area contributed by atoms with Gasteiger partial charge in [-0.2, -0.15) is 0 Å². The molecule has 0 aliphatic rings. The summed E-state index contributed by atoms with van der Waals surface area (Å²) in [6, 6.07) is 8.02. The fraction of sp³-hybridized carbons (Fsp3) is 0. The minimum absolute atomic E-state index is 1.12. The van der Waals surface area contributed by atoms with Gasteiger partial charge in [0.2, 0.25) is 0 Å². The quantitative estimate of drug-likeness (QED) is 0.673. The molecule has 0 spiro atoms. The van der Waals surface area contributed by atoms with Crippen molar-refractivity contribution in [3.63, 3.8) is 0 Å². The second kappa shape index (κ2) is 3.13. The smallest absolute Gasteiger partial charge is 0.0381 e. The molecule has 0 saturated carbocycles. The van der Waals surface area contributed by atoms with Gasteiger partial charge in [-0.05, 0) is 36.4 Å². The van der Waals surface area contributed by atoms with Crippen LogP contribution in [-0.4, -0.2) is 9.97 Å². The van der Waals surface area contributed by atoms with Gasteiger partial charge >= 0.3 is 0 Å². The van der Waals surface area contributed by atoms with Gasteiger partial charge in [-0.3, -0.25) is 0 Å². The standard InChI is InChI=1S/C10H10N2/c1-3-9(11-7-1)5-6-10-4-2-8-12-10/h1-8,11-12H/b6-5-. The lowest BCUT2D eigenvalue weighted by Crippen LogP contribution is -1.69. The highest BCUT2D eigenvalue weighted by Crippen LogP contribution is 2.03. The molecule has 0 fully saturated rings. The Hall–Kier alpha value is -1.70. The lowest BCUT2D eigenvalue weighted by molar-refractivity contribution is 1.36. The Labute approximate surface area is 70.9 Å². The van der Waals surface area contributed by atoms with Gasteiger partial charge in [-0.15, -0.1) is 0 Å². The van der Waals surface area contributed by atoms with Crippen LogP contribution in [0.3, 0.4) is 0 Å². The molecule has 0 saturated heterocycles. The van der Waals surface area contributed by atoms with Gasteiger partial charge < -0.3 is 9.97 Å². The average Bonchev–Trinajstić information content (AvgIpc) is 2.74. The van der Waals surface area contributed by atoms with Crippen molar-refractivity contribution >= 4 is 12.2 Å². The predicted molar refractivity (Wildman–Crippen MR) is 50.5 cm³/mol. The van der Waals surface area contributed by atoms with Gasteiger partial charge in [0, 0.05) is 23.8 Å². The Balaban J connectivity index is 2.14. The maximum Gasteiger partial charge on any atom is 0.0381 e. The summed E-state index contributed by atoms with van der Waals surface area (Å²) >= 11 is 0. The number of H-pyrrole nitrogens is 2. The third kappa shape index (κ3) is 1.48. The SMILES string of the molecule is C(=C/c1ccc[nH]1)/c1ccc[nH]1. The fourth-order valence-corrected chi connectivity index (χ4v) is 1.08. The summed E-state index contributed by atoms with van der Waals surface area (Å²) in [5.74, 6) is 0. The highest BCUT2D eigenvalue weighted by molar-refractivity contribution is 5.66. The minimum atomic E-state index is 1.12. The Morgan fingerprint density at radius 2 is 1.33 bits per heavy atom. The van der Waals surface area contributed by atoms with Crippen LogP contribution in [0.25, 0.3) is 12.2 Å². The number of hydrogen-bond acceptors (Lipinski definition) is 0. The molecule has 0 bridgehead atoms. The Morgan fingerprint density at radius 1 is 0.833 bits per heavy atom. The van der Waals surface area contributed by atoms with Crippen molar-refractivity contribution in [2.24, 2.45) is 0 Å². The number of nitrogens with one attached hydrogen (secondary N) is 2. The first-order valence-corrected chi connectivity index (χ1v) is 3.90. The van der Waals surface area contributed by atoms with Crippen molar-refractivity contribution in [2.45, 2.75) is 0 Å². The monoisotopic (exact) mass is 158 g/mol. The van der Waals surface area contributed by atoms with Crippen molar-refractivity contribution in [3.8, 4) is 0 Å². The van der Waals surface area contributed by atoms with Gasteiger partial charge in [-0.25, -0.2) is 0 Å². The van der Waals surface area contributed by atoms with E-state index in [9.17, 15) is 0 Å². The van der Waals surface area contributed by atoms with E-state index in [0.717, 1.165) is 11.4 Å². The van der Waals surface area contributed by atoms with Crippen molar-refractivity contribution in [2.75, 3.05) is 0 Å². The molecular formula is C10H10N2. The van der Waals surface area contributed by atoms with E-state index >= 15 is 0 Å². The molecular weight excluding hydrogens is 148 g/mol. The van der Waals surface area contributed by atoms with Crippen LogP contribution in [0, 0.1) is 0 Å². The Bertz CT molecular complexity index is 305. The van der Waals surface area contributed by atoms with Crippen LogP contribution in [-0.2, 0) is 0 Å². The molecule has 2 aromatic heterocycles. The van der Waals surface area contributed by atoms with Crippen LogP contribution in [0.4, 0.5) is 0 Å². The maximum atomic E-state index is 3.10. The Kier molecular flexibility index (Phi) is 1.82. The highest BCUT2D eigenvalue weighted by Gasteiger charge is 1.85. The molecule has 2 heteroatoms. The first kappa shape index (κ1) is 6.98. The van der Waals surface area contributed by atoms with Gasteiger partial charge in [-0.1, -0.05) is 0 Å². The summed E-state index contributed by atoms with van der Waals surface area (Å²) in [5, 5.41) is 0. The highest BCUT2D eigenvalue weighted by atomic mass is 14.7. The molecule has 0 aliphatic heterocycles. The molecule has 2 heterocycles. The van der Waals surface area contributed by atoms with Crippen LogP contribution >= 0.6 is 0 Å². The number of hydrogen-bond donors (Lipinski definition) is 2. The van der Waals surface area contributed by atoms with Gasteiger partial charge in [0.15, 0.2) is 0 Å². The molecule has 60 valence electrons. The Morgan fingerprint density at radius 3 is 1.67 bits per heavy atom. The van der Waals surface area contributed by atoms with Crippen molar-refractivity contribution in [3.05, 3.63) is 48.0 Å². The van der Waals surface area contributed by atoms with E-state index in [2.05, 4.69) is 9.97 Å². The summed E-state index contributed by atoms with van der Waals surface area (Å²) in [7, 11) is 0. The van der Waals surface area contributed by atoms with Crippen molar-refractivity contribution < 1.29 is 0 Å². The zero-order chi connectivity index (χ0) is 8.23. The van der Waals surface area contributed by atoms with E-state index in [-0.39, 0.29) is 0 Å². The van der Waals surface area contributed by atoms with Crippen LogP contribution in [0.1, 0.15) is 11.4 Å². The van der Waals surface area contributed by atoms with E-state index in [1.165, 1.54) is 0 Å². The van der Waals surface area contributed by atoms with E-state index in [4.69, 9.17) is 0 Å². The number of aromatic nitrogens is 2. The normalized spacial score (nSPS) is 11.0. The van der Waals surface area contributed by atoms with Crippen molar-refractivity contribution in [1.82, 2.24) is 9.97 Å². The van der Waals surface area contributed by atoms with E-state index in [1.807, 2.05) is 48.8 Å². The summed E-state index contributed by atoms with van der Waals surface area (Å²) in [6.45, 7) is 0. The molecule has 12 heavy (non-hydrogen) atoms. The topological polar surface area (TPSA) is 31.6 Å². The van der Waals surface area contributed by atoms with Crippen LogP contribution in [0.2, 0.25) is 0 Å². The zero-order valence-corrected chi connectivity index (χ0v) is 6.62. The van der Waals surface area contributed by atoms with E-state index in [0.29, 0.717) is 0 Å². The maximum absolute atomic E-state index is 3.10. The van der Waals surface area contributed by atoms with E-state index in [1.54, 1.807) is 0 Å². The molecule has 0 radical (unpaired) electrons. The molecule has 0 unspecified atom stereocenters. The first-order chi connectivity index (χ1) is 5.95.